The molecule has 2 aromatic rings. The molecular weight excluding hydrogens is 284 g/mol. The molecule has 1 aromatic heterocycles. The number of benzene rings is 1. The Morgan fingerprint density at radius 2 is 1.95 bits per heavy atom. The normalized spacial score (nSPS) is 18.3. The van der Waals surface area contributed by atoms with Gasteiger partial charge in [0.05, 0.1) is 25.1 Å². The lowest BCUT2D eigenvalue weighted by atomic mass is 10.2. The zero-order valence-electron chi connectivity index (χ0n) is 12.1. The van der Waals surface area contributed by atoms with E-state index in [1.165, 1.54) is 28.3 Å². The number of amides is 3. The van der Waals surface area contributed by atoms with E-state index in [1.807, 2.05) is 0 Å². The minimum atomic E-state index is -0.507. The molecule has 0 radical (unpaired) electrons. The number of rotatable bonds is 4. The molecule has 0 saturated carbocycles. The van der Waals surface area contributed by atoms with Gasteiger partial charge in [0, 0.05) is 6.20 Å². The number of nitrogens with one attached hydrogen (secondary N) is 1. The zero-order chi connectivity index (χ0) is 15.7. The highest BCUT2D eigenvalue weighted by molar-refractivity contribution is 6.03. The van der Waals surface area contributed by atoms with Crippen LogP contribution >= 0.6 is 0 Å². The van der Waals surface area contributed by atoms with Gasteiger partial charge in [-0.2, -0.15) is 0 Å². The molecule has 1 atom stereocenters. The first-order valence-corrected chi connectivity index (χ1v) is 6.93. The lowest BCUT2D eigenvalue weighted by molar-refractivity contribution is -0.128. The monoisotopic (exact) mass is 300 g/mol. The van der Waals surface area contributed by atoms with Gasteiger partial charge in [0.2, 0.25) is 0 Å². The van der Waals surface area contributed by atoms with Crippen molar-refractivity contribution in [3.63, 3.8) is 0 Å². The Morgan fingerprint density at radius 1 is 1.23 bits per heavy atom. The molecule has 3 rings (SSSR count). The smallest absolute Gasteiger partial charge is 0.328 e. The Bertz CT molecular complexity index is 681. The van der Waals surface area contributed by atoms with Gasteiger partial charge in [-0.3, -0.25) is 9.69 Å². The summed E-state index contributed by atoms with van der Waals surface area (Å²) in [5, 5.41) is 9.28. The summed E-state index contributed by atoms with van der Waals surface area (Å²) in [4.78, 5) is 34.4. The van der Waals surface area contributed by atoms with Gasteiger partial charge in [0.1, 0.15) is 11.8 Å². The summed E-state index contributed by atoms with van der Waals surface area (Å²) in [5.41, 5.74) is 1.56. The first-order chi connectivity index (χ1) is 10.6. The second-order valence-corrected chi connectivity index (χ2v) is 5.25. The maximum atomic E-state index is 12.5. The number of carbonyl (C=O) groups is 2. The van der Waals surface area contributed by atoms with Gasteiger partial charge in [0.15, 0.2) is 0 Å². The van der Waals surface area contributed by atoms with Crippen molar-refractivity contribution in [2.75, 3.05) is 0 Å². The van der Waals surface area contributed by atoms with E-state index in [-0.39, 0.29) is 24.2 Å². The summed E-state index contributed by atoms with van der Waals surface area (Å²) in [6.45, 7) is 2.23. The zero-order valence-corrected chi connectivity index (χ0v) is 12.1. The fourth-order valence-electron chi connectivity index (χ4n) is 2.46. The Labute approximate surface area is 127 Å². The first kappa shape index (κ1) is 14.1. The molecular formula is C15H16N4O3. The van der Waals surface area contributed by atoms with Crippen LogP contribution in [0.5, 0.6) is 5.75 Å². The second-order valence-electron chi connectivity index (χ2n) is 5.25. The van der Waals surface area contributed by atoms with Crippen molar-refractivity contribution >= 4 is 11.9 Å². The Kier molecular flexibility index (Phi) is 3.54. The molecule has 1 aliphatic rings. The predicted molar refractivity (Wildman–Crippen MR) is 77.6 cm³/mol. The summed E-state index contributed by atoms with van der Waals surface area (Å²) in [6.07, 6.45) is 3.17. The number of aromatic nitrogens is 2. The van der Waals surface area contributed by atoms with Crippen LogP contribution in [0.4, 0.5) is 4.79 Å². The van der Waals surface area contributed by atoms with Crippen LogP contribution in [0, 0.1) is 0 Å². The number of hydrogen-bond donors (Lipinski definition) is 2. The third-order valence-corrected chi connectivity index (χ3v) is 3.74. The molecule has 0 spiro atoms. The maximum Gasteiger partial charge on any atom is 0.328 e. The molecule has 0 unspecified atom stereocenters. The van der Waals surface area contributed by atoms with Crippen molar-refractivity contribution in [3.8, 4) is 5.75 Å². The van der Waals surface area contributed by atoms with E-state index in [0.717, 1.165) is 11.3 Å². The van der Waals surface area contributed by atoms with Crippen LogP contribution in [-0.4, -0.2) is 42.9 Å². The Balaban J connectivity index is 1.76. The molecule has 7 nitrogen and oxygen atoms in total. The van der Waals surface area contributed by atoms with Crippen LogP contribution in [-0.2, 0) is 17.9 Å². The third-order valence-electron chi connectivity index (χ3n) is 3.74. The van der Waals surface area contributed by atoms with Crippen molar-refractivity contribution < 1.29 is 14.7 Å². The topological polar surface area (TPSA) is 89.5 Å². The van der Waals surface area contributed by atoms with E-state index in [2.05, 4.69) is 9.97 Å². The number of carbonyl (C=O) groups excluding carboxylic acids is 2. The highest BCUT2D eigenvalue weighted by Crippen LogP contribution is 2.22. The van der Waals surface area contributed by atoms with Gasteiger partial charge in [-0.05, 0) is 24.6 Å². The number of imide groups is 1. The fourth-order valence-corrected chi connectivity index (χ4v) is 2.46. The molecule has 2 N–H and O–H groups in total. The summed E-state index contributed by atoms with van der Waals surface area (Å²) >= 11 is 0. The summed E-state index contributed by atoms with van der Waals surface area (Å²) in [7, 11) is 0. The molecule has 114 valence electrons. The Morgan fingerprint density at radius 3 is 2.59 bits per heavy atom. The number of H-pyrrole nitrogens is 1. The second kappa shape index (κ2) is 5.51. The van der Waals surface area contributed by atoms with Gasteiger partial charge in [-0.25, -0.2) is 9.78 Å². The van der Waals surface area contributed by atoms with Crippen LogP contribution in [0.2, 0.25) is 0 Å². The van der Waals surface area contributed by atoms with Gasteiger partial charge in [-0.15, -0.1) is 0 Å². The van der Waals surface area contributed by atoms with E-state index in [4.69, 9.17) is 0 Å². The average molecular weight is 300 g/mol. The van der Waals surface area contributed by atoms with E-state index in [1.54, 1.807) is 25.3 Å². The SMILES string of the molecule is C[C@H]1C(=O)N(Cc2ccc(O)cc2)C(=O)N1Cc1cnc[nH]1. The van der Waals surface area contributed by atoms with Crippen molar-refractivity contribution in [2.45, 2.75) is 26.1 Å². The number of hydrogen-bond acceptors (Lipinski definition) is 4. The number of nitrogens with zero attached hydrogens (tertiary/aromatic N) is 3. The molecule has 1 aliphatic heterocycles. The maximum absolute atomic E-state index is 12.5. The van der Waals surface area contributed by atoms with Gasteiger partial charge < -0.3 is 15.0 Å². The number of aromatic hydroxyl groups is 1. The summed E-state index contributed by atoms with van der Waals surface area (Å²) in [5.74, 6) is -0.0744. The molecule has 22 heavy (non-hydrogen) atoms. The van der Waals surface area contributed by atoms with Crippen molar-refractivity contribution in [2.24, 2.45) is 0 Å². The van der Waals surface area contributed by atoms with Crippen molar-refractivity contribution in [1.82, 2.24) is 19.8 Å². The number of imidazole rings is 1. The first-order valence-electron chi connectivity index (χ1n) is 6.93. The minimum Gasteiger partial charge on any atom is -0.508 e. The molecule has 0 aliphatic carbocycles. The Hall–Kier alpha value is -2.83. The highest BCUT2D eigenvalue weighted by atomic mass is 16.3. The van der Waals surface area contributed by atoms with Crippen LogP contribution < -0.4 is 0 Å². The largest absolute Gasteiger partial charge is 0.508 e. The number of urea groups is 1. The molecule has 7 heteroatoms. The predicted octanol–water partition coefficient (Wildman–Crippen LogP) is 1.47. The minimum absolute atomic E-state index is 0.150. The van der Waals surface area contributed by atoms with Gasteiger partial charge in [-0.1, -0.05) is 12.1 Å². The van der Waals surface area contributed by atoms with Crippen LogP contribution in [0.15, 0.2) is 36.8 Å². The molecule has 1 saturated heterocycles. The van der Waals surface area contributed by atoms with E-state index >= 15 is 0 Å². The van der Waals surface area contributed by atoms with Crippen LogP contribution in [0.25, 0.3) is 0 Å². The molecule has 0 bridgehead atoms. The fraction of sp³-hybridized carbons (Fsp3) is 0.267. The molecule has 1 fully saturated rings. The summed E-state index contributed by atoms with van der Waals surface area (Å²) in [6, 6.07) is 5.63. The van der Waals surface area contributed by atoms with Crippen molar-refractivity contribution in [1.29, 1.82) is 0 Å². The van der Waals surface area contributed by atoms with Gasteiger partial charge in [0.25, 0.3) is 5.91 Å². The van der Waals surface area contributed by atoms with E-state index < -0.39 is 6.04 Å². The summed E-state index contributed by atoms with van der Waals surface area (Å²) < 4.78 is 0. The lowest BCUT2D eigenvalue weighted by Crippen LogP contribution is -2.33. The number of phenols is 1. The quantitative estimate of drug-likeness (QED) is 0.837. The molecule has 2 heterocycles. The highest BCUT2D eigenvalue weighted by Gasteiger charge is 2.42. The third kappa shape index (κ3) is 2.52. The molecule has 1 aromatic carbocycles. The van der Waals surface area contributed by atoms with Gasteiger partial charge >= 0.3 is 6.03 Å². The number of aromatic amines is 1. The van der Waals surface area contributed by atoms with E-state index in [9.17, 15) is 14.7 Å². The standard InChI is InChI=1S/C15H16N4O3/c1-10-14(21)19(7-11-2-4-13(20)5-3-11)15(22)18(10)8-12-6-16-9-17-12/h2-6,9-10,20H,7-8H2,1H3,(H,16,17)/t10-/m0/s1. The molecule has 3 amide bonds. The van der Waals surface area contributed by atoms with Crippen LogP contribution in [0.3, 0.4) is 0 Å². The van der Waals surface area contributed by atoms with E-state index in [0.29, 0.717) is 6.54 Å². The van der Waals surface area contributed by atoms with Crippen molar-refractivity contribution in [3.05, 3.63) is 48.0 Å². The lowest BCUT2D eigenvalue weighted by Gasteiger charge is -2.18. The number of phenolic OH excluding ortho intramolecular Hbond substituents is 1. The van der Waals surface area contributed by atoms with Crippen LogP contribution in [0.1, 0.15) is 18.2 Å². The average Bonchev–Trinajstić information content (AvgIpc) is 3.09.